The van der Waals surface area contributed by atoms with Crippen LogP contribution < -0.4 is 0 Å². The van der Waals surface area contributed by atoms with Gasteiger partial charge >= 0.3 is 5.97 Å². The molecule has 0 N–H and O–H groups in total. The van der Waals surface area contributed by atoms with Crippen molar-refractivity contribution >= 4 is 23.7 Å². The number of carbonyl (C=O) groups excluding carboxylic acids is 4. The Morgan fingerprint density at radius 2 is 1.61 bits per heavy atom. The van der Waals surface area contributed by atoms with Crippen molar-refractivity contribution in [3.8, 4) is 0 Å². The Hall–Kier alpha value is -2.70. The van der Waals surface area contributed by atoms with Crippen molar-refractivity contribution in [1.29, 1.82) is 0 Å². The summed E-state index contributed by atoms with van der Waals surface area (Å²) in [5.41, 5.74) is 0.578. The summed E-state index contributed by atoms with van der Waals surface area (Å²) >= 11 is 0. The molecular formula is C24H30N2O5. The lowest BCUT2D eigenvalue weighted by atomic mass is 9.75. The molecule has 2 aliphatic heterocycles. The van der Waals surface area contributed by atoms with Gasteiger partial charge in [-0.3, -0.25) is 19.3 Å². The van der Waals surface area contributed by atoms with Crippen molar-refractivity contribution in [2.75, 3.05) is 19.7 Å². The fourth-order valence-electron chi connectivity index (χ4n) is 5.27. The van der Waals surface area contributed by atoms with Crippen LogP contribution >= 0.6 is 0 Å². The predicted molar refractivity (Wildman–Crippen MR) is 113 cm³/mol. The molecule has 7 heteroatoms. The number of hydrogen-bond acceptors (Lipinski definition) is 5. The summed E-state index contributed by atoms with van der Waals surface area (Å²) in [6.07, 6.45) is 5.91. The normalized spacial score (nSPS) is 24.1. The lowest BCUT2D eigenvalue weighted by molar-refractivity contribution is -0.157. The van der Waals surface area contributed by atoms with E-state index in [-0.39, 0.29) is 29.6 Å². The molecule has 1 saturated heterocycles. The molecule has 0 bridgehead atoms. The molecule has 3 atom stereocenters. The smallest absolute Gasteiger partial charge is 0.330 e. The van der Waals surface area contributed by atoms with E-state index in [0.717, 1.165) is 24.3 Å². The number of piperidine rings is 1. The van der Waals surface area contributed by atoms with E-state index in [9.17, 15) is 19.2 Å². The van der Waals surface area contributed by atoms with Crippen LogP contribution in [0.4, 0.5) is 0 Å². The molecule has 0 aromatic heterocycles. The Morgan fingerprint density at radius 1 is 1.00 bits per heavy atom. The van der Waals surface area contributed by atoms with E-state index >= 15 is 0 Å². The number of fused-ring (bicyclic) bond motifs is 2. The first-order chi connectivity index (χ1) is 14.9. The Morgan fingerprint density at radius 3 is 2.23 bits per heavy atom. The monoisotopic (exact) mass is 426 g/mol. The van der Waals surface area contributed by atoms with Gasteiger partial charge in [-0.05, 0) is 42.7 Å². The second-order valence-electron chi connectivity index (χ2n) is 9.26. The second kappa shape index (κ2) is 8.81. The number of amides is 3. The number of hydrogen-bond donors (Lipinski definition) is 0. The zero-order valence-electron chi connectivity index (χ0n) is 18.2. The summed E-state index contributed by atoms with van der Waals surface area (Å²) in [4.78, 5) is 54.0. The maximum absolute atomic E-state index is 12.9. The van der Waals surface area contributed by atoms with Gasteiger partial charge in [0.05, 0.1) is 11.1 Å². The average molecular weight is 427 g/mol. The number of rotatable bonds is 5. The molecule has 3 aliphatic rings. The van der Waals surface area contributed by atoms with Gasteiger partial charge in [-0.2, -0.15) is 0 Å². The summed E-state index contributed by atoms with van der Waals surface area (Å²) in [6.45, 7) is 4.58. The number of carbonyl (C=O) groups is 4. The van der Waals surface area contributed by atoms with E-state index < -0.39 is 23.8 Å². The number of likely N-dealkylation sites (tertiary alicyclic amines) is 1. The van der Waals surface area contributed by atoms with Crippen LogP contribution in [-0.4, -0.2) is 59.2 Å². The Labute approximate surface area is 182 Å². The summed E-state index contributed by atoms with van der Waals surface area (Å²) in [7, 11) is 0. The van der Waals surface area contributed by atoms with Gasteiger partial charge in [-0.1, -0.05) is 45.2 Å². The third kappa shape index (κ3) is 4.10. The molecule has 166 valence electrons. The van der Waals surface area contributed by atoms with Gasteiger partial charge in [0.25, 0.3) is 17.7 Å². The molecule has 1 saturated carbocycles. The molecule has 2 fully saturated rings. The zero-order chi connectivity index (χ0) is 22.1. The van der Waals surface area contributed by atoms with Gasteiger partial charge in [0, 0.05) is 13.1 Å². The van der Waals surface area contributed by atoms with E-state index in [0.29, 0.717) is 18.4 Å². The van der Waals surface area contributed by atoms with Gasteiger partial charge in [0.2, 0.25) is 0 Å². The highest BCUT2D eigenvalue weighted by Gasteiger charge is 2.45. The van der Waals surface area contributed by atoms with Crippen molar-refractivity contribution in [3.63, 3.8) is 0 Å². The molecular weight excluding hydrogens is 396 g/mol. The fourth-order valence-corrected chi connectivity index (χ4v) is 5.27. The molecule has 3 amide bonds. The number of ether oxygens (including phenoxy) is 1. The van der Waals surface area contributed by atoms with Crippen molar-refractivity contribution in [3.05, 3.63) is 35.4 Å². The minimum atomic E-state index is -1.07. The maximum atomic E-state index is 12.9. The molecule has 31 heavy (non-hydrogen) atoms. The molecule has 7 nitrogen and oxygen atoms in total. The number of benzene rings is 1. The van der Waals surface area contributed by atoms with Gasteiger partial charge in [0.15, 0.2) is 6.61 Å². The highest BCUT2D eigenvalue weighted by molar-refractivity contribution is 6.22. The van der Waals surface area contributed by atoms with Crippen LogP contribution in [0.15, 0.2) is 24.3 Å². The van der Waals surface area contributed by atoms with Crippen molar-refractivity contribution in [1.82, 2.24) is 9.80 Å². The first kappa shape index (κ1) is 21.5. The quantitative estimate of drug-likeness (QED) is 0.534. The standard InChI is InChI=1S/C24H30N2O5/c1-15(2)21(26-22(28)18-9-5-6-10-19(18)23(26)29)24(30)31-14-20(27)25-12-11-16-7-3-4-8-17(16)13-25/h5-6,9-10,15-17,21H,3-4,7-8,11-14H2,1-2H3/t16-,17+,21+/m0/s1. The van der Waals surface area contributed by atoms with E-state index in [1.165, 1.54) is 19.3 Å². The summed E-state index contributed by atoms with van der Waals surface area (Å²) in [5.74, 6) is -1.01. The largest absolute Gasteiger partial charge is 0.454 e. The molecule has 4 rings (SSSR count). The molecule has 1 aromatic rings. The first-order valence-electron chi connectivity index (χ1n) is 11.3. The molecule has 1 aliphatic carbocycles. The third-order valence-corrected chi connectivity index (χ3v) is 6.96. The summed E-state index contributed by atoms with van der Waals surface area (Å²) in [6, 6.07) is 5.46. The van der Waals surface area contributed by atoms with E-state index in [1.807, 2.05) is 0 Å². The van der Waals surface area contributed by atoms with Crippen LogP contribution in [0.3, 0.4) is 0 Å². The minimum absolute atomic E-state index is 0.206. The Balaban J connectivity index is 1.39. The highest BCUT2D eigenvalue weighted by atomic mass is 16.5. The maximum Gasteiger partial charge on any atom is 0.330 e. The van der Waals surface area contributed by atoms with Gasteiger partial charge in [-0.25, -0.2) is 4.79 Å². The van der Waals surface area contributed by atoms with Gasteiger partial charge in [0.1, 0.15) is 6.04 Å². The summed E-state index contributed by atoms with van der Waals surface area (Å²) in [5, 5.41) is 0. The number of esters is 1. The lowest BCUT2D eigenvalue weighted by Gasteiger charge is -2.41. The van der Waals surface area contributed by atoms with Gasteiger partial charge in [-0.15, -0.1) is 0 Å². The first-order valence-corrected chi connectivity index (χ1v) is 11.3. The minimum Gasteiger partial charge on any atom is -0.454 e. The molecule has 0 spiro atoms. The van der Waals surface area contributed by atoms with Gasteiger partial charge < -0.3 is 9.64 Å². The van der Waals surface area contributed by atoms with Crippen LogP contribution in [-0.2, 0) is 14.3 Å². The molecule has 1 aromatic carbocycles. The van der Waals surface area contributed by atoms with Crippen LogP contribution in [0.5, 0.6) is 0 Å². The molecule has 0 radical (unpaired) electrons. The molecule has 0 unspecified atom stereocenters. The van der Waals surface area contributed by atoms with Crippen LogP contribution in [0.25, 0.3) is 0 Å². The number of imide groups is 1. The van der Waals surface area contributed by atoms with Crippen LogP contribution in [0.2, 0.25) is 0 Å². The number of nitrogens with zero attached hydrogens (tertiary/aromatic N) is 2. The van der Waals surface area contributed by atoms with Crippen molar-refractivity contribution in [2.24, 2.45) is 17.8 Å². The van der Waals surface area contributed by atoms with E-state index in [4.69, 9.17) is 4.74 Å². The zero-order valence-corrected chi connectivity index (χ0v) is 18.2. The molecule has 2 heterocycles. The fraction of sp³-hybridized carbons (Fsp3) is 0.583. The second-order valence-corrected chi connectivity index (χ2v) is 9.26. The average Bonchev–Trinajstić information content (AvgIpc) is 3.02. The van der Waals surface area contributed by atoms with Crippen molar-refractivity contribution < 1.29 is 23.9 Å². The Kier molecular flexibility index (Phi) is 6.12. The summed E-state index contributed by atoms with van der Waals surface area (Å²) < 4.78 is 5.35. The highest BCUT2D eigenvalue weighted by Crippen LogP contribution is 2.36. The van der Waals surface area contributed by atoms with Crippen LogP contribution in [0.1, 0.15) is 66.7 Å². The predicted octanol–water partition coefficient (Wildman–Crippen LogP) is 2.89. The SMILES string of the molecule is CC(C)[C@H](C(=O)OCC(=O)N1CC[C@@H]2CCCC[C@@H]2C1)N1C(=O)c2ccccc2C1=O. The van der Waals surface area contributed by atoms with Crippen molar-refractivity contribution in [2.45, 2.75) is 52.0 Å². The topological polar surface area (TPSA) is 84.0 Å². The van der Waals surface area contributed by atoms with Crippen LogP contribution in [0, 0.1) is 17.8 Å². The Bertz CT molecular complexity index is 861. The van der Waals surface area contributed by atoms with E-state index in [2.05, 4.69) is 0 Å². The third-order valence-electron chi connectivity index (χ3n) is 6.96. The lowest BCUT2D eigenvalue weighted by Crippen LogP contribution is -2.50. The van der Waals surface area contributed by atoms with E-state index in [1.54, 1.807) is 43.0 Å².